The Hall–Kier alpha value is -2.74. The summed E-state index contributed by atoms with van der Waals surface area (Å²) in [6.07, 6.45) is 5.95. The summed E-state index contributed by atoms with van der Waals surface area (Å²) in [6, 6.07) is 26.0. The number of phenolic OH excluding ortho intramolecular Hbond substituents is 1. The van der Waals surface area contributed by atoms with Gasteiger partial charge in [0, 0.05) is 17.4 Å². The molecule has 1 N–H and O–H groups in total. The van der Waals surface area contributed by atoms with Gasteiger partial charge in [0.2, 0.25) is 0 Å². The maximum atomic E-state index is 9.71. The molecule has 0 bridgehead atoms. The Labute approximate surface area is 174 Å². The van der Waals surface area contributed by atoms with Crippen molar-refractivity contribution in [3.63, 3.8) is 0 Å². The largest absolute Gasteiger partial charge is 0.508 e. The third kappa shape index (κ3) is 4.82. The fourth-order valence-corrected chi connectivity index (χ4v) is 4.45. The highest BCUT2D eigenvalue weighted by molar-refractivity contribution is 5.65. The van der Waals surface area contributed by atoms with Crippen molar-refractivity contribution in [2.24, 2.45) is 5.92 Å². The number of aryl methyl sites for hydroxylation is 1. The van der Waals surface area contributed by atoms with E-state index in [4.69, 9.17) is 0 Å². The van der Waals surface area contributed by atoms with E-state index in [1.807, 2.05) is 12.1 Å². The van der Waals surface area contributed by atoms with Crippen molar-refractivity contribution < 1.29 is 5.11 Å². The summed E-state index contributed by atoms with van der Waals surface area (Å²) in [5.74, 6) is 1.17. The van der Waals surface area contributed by atoms with Gasteiger partial charge in [-0.1, -0.05) is 48.9 Å². The molecule has 29 heavy (non-hydrogen) atoms. The molecule has 1 aliphatic rings. The lowest BCUT2D eigenvalue weighted by atomic mass is 9.86. The van der Waals surface area contributed by atoms with E-state index in [1.165, 1.54) is 48.2 Å². The maximum absolute atomic E-state index is 9.71. The highest BCUT2D eigenvalue weighted by Crippen LogP contribution is 2.36. The highest BCUT2D eigenvalue weighted by Gasteiger charge is 2.25. The van der Waals surface area contributed by atoms with Gasteiger partial charge < -0.3 is 10.0 Å². The number of anilines is 2. The van der Waals surface area contributed by atoms with Gasteiger partial charge in [-0.2, -0.15) is 0 Å². The molecule has 4 rings (SSSR count). The number of hydrogen-bond donors (Lipinski definition) is 1. The van der Waals surface area contributed by atoms with E-state index in [0.29, 0.717) is 11.8 Å². The van der Waals surface area contributed by atoms with E-state index >= 15 is 0 Å². The van der Waals surface area contributed by atoms with Crippen LogP contribution in [0.1, 0.15) is 49.3 Å². The summed E-state index contributed by atoms with van der Waals surface area (Å²) >= 11 is 0. The number of rotatable bonds is 5. The summed E-state index contributed by atoms with van der Waals surface area (Å²) in [4.78, 5) is 2.55. The zero-order valence-corrected chi connectivity index (χ0v) is 17.5. The Balaban J connectivity index is 1.59. The van der Waals surface area contributed by atoms with Gasteiger partial charge in [0.05, 0.1) is 0 Å². The first-order valence-corrected chi connectivity index (χ1v) is 10.8. The summed E-state index contributed by atoms with van der Waals surface area (Å²) in [5, 5.41) is 9.71. The maximum Gasteiger partial charge on any atom is 0.115 e. The van der Waals surface area contributed by atoms with E-state index in [0.717, 1.165) is 17.9 Å². The fraction of sp³-hybridized carbons (Fsp3) is 0.333. The number of nitrogens with zero attached hydrogens (tertiary/aromatic N) is 1. The lowest BCUT2D eigenvalue weighted by Crippen LogP contribution is -2.34. The lowest BCUT2D eigenvalue weighted by molar-refractivity contribution is 0.345. The molecular formula is C27H31NO. The zero-order chi connectivity index (χ0) is 20.2. The third-order valence-corrected chi connectivity index (χ3v) is 6.20. The molecule has 2 nitrogen and oxygen atoms in total. The van der Waals surface area contributed by atoms with Crippen LogP contribution in [0.25, 0.3) is 0 Å². The van der Waals surface area contributed by atoms with Crippen LogP contribution in [0.2, 0.25) is 0 Å². The molecular weight excluding hydrogens is 354 g/mol. The van der Waals surface area contributed by atoms with Crippen LogP contribution in [0.5, 0.6) is 5.75 Å². The Morgan fingerprint density at radius 2 is 1.41 bits per heavy atom. The van der Waals surface area contributed by atoms with Crippen LogP contribution >= 0.6 is 0 Å². The number of hydrogen-bond acceptors (Lipinski definition) is 2. The average Bonchev–Trinajstić information content (AvgIpc) is 2.72. The second-order valence-electron chi connectivity index (χ2n) is 8.63. The van der Waals surface area contributed by atoms with Gasteiger partial charge >= 0.3 is 0 Å². The smallest absolute Gasteiger partial charge is 0.115 e. The molecule has 150 valence electrons. The molecule has 0 spiro atoms. The molecule has 1 aliphatic carbocycles. The first-order valence-electron chi connectivity index (χ1n) is 10.8. The SMILES string of the molecule is Cc1ccc(N(c2ccc(Cc3cccc(O)c3)cc2)C2CCC(C)CC2)cc1. The molecule has 1 saturated carbocycles. The standard InChI is InChI=1S/C27H31NO/c1-20-6-12-24(13-7-20)28(25-14-8-21(2)9-15-25)26-16-10-22(11-17-26)18-23-4-3-5-27(29)19-23/h3-7,10-13,16-17,19,21,25,29H,8-9,14-15,18H2,1-2H3. The average molecular weight is 386 g/mol. The van der Waals surface area contributed by atoms with Crippen LogP contribution in [0, 0.1) is 12.8 Å². The number of aromatic hydroxyl groups is 1. The quantitative estimate of drug-likeness (QED) is 0.511. The molecule has 0 unspecified atom stereocenters. The van der Waals surface area contributed by atoms with Gasteiger partial charge in [-0.05, 0) is 92.5 Å². The Kier molecular flexibility index (Phi) is 5.89. The van der Waals surface area contributed by atoms with E-state index in [9.17, 15) is 5.11 Å². The zero-order valence-electron chi connectivity index (χ0n) is 17.5. The van der Waals surface area contributed by atoms with Crippen LogP contribution in [0.4, 0.5) is 11.4 Å². The van der Waals surface area contributed by atoms with Gasteiger partial charge in [0.1, 0.15) is 5.75 Å². The van der Waals surface area contributed by atoms with Crippen molar-refractivity contribution in [3.8, 4) is 5.75 Å². The van der Waals surface area contributed by atoms with Gasteiger partial charge in [0.15, 0.2) is 0 Å². The highest BCUT2D eigenvalue weighted by atomic mass is 16.3. The molecule has 3 aromatic rings. The minimum Gasteiger partial charge on any atom is -0.508 e. The minimum atomic E-state index is 0.330. The Morgan fingerprint density at radius 3 is 2.03 bits per heavy atom. The normalized spacial score (nSPS) is 19.1. The van der Waals surface area contributed by atoms with E-state index in [-0.39, 0.29) is 0 Å². The number of benzene rings is 3. The van der Waals surface area contributed by atoms with Crippen LogP contribution in [0.3, 0.4) is 0 Å². The molecule has 3 aromatic carbocycles. The summed E-state index contributed by atoms with van der Waals surface area (Å²) < 4.78 is 0. The summed E-state index contributed by atoms with van der Waals surface area (Å²) in [6.45, 7) is 4.52. The summed E-state index contributed by atoms with van der Waals surface area (Å²) in [7, 11) is 0. The van der Waals surface area contributed by atoms with Crippen molar-refractivity contribution in [3.05, 3.63) is 89.5 Å². The van der Waals surface area contributed by atoms with Crippen molar-refractivity contribution in [2.75, 3.05) is 4.90 Å². The Morgan fingerprint density at radius 1 is 0.793 bits per heavy atom. The van der Waals surface area contributed by atoms with E-state index in [1.54, 1.807) is 6.07 Å². The van der Waals surface area contributed by atoms with E-state index in [2.05, 4.69) is 73.3 Å². The van der Waals surface area contributed by atoms with Gasteiger partial charge in [-0.15, -0.1) is 0 Å². The topological polar surface area (TPSA) is 23.5 Å². The van der Waals surface area contributed by atoms with Crippen molar-refractivity contribution in [2.45, 2.75) is 52.0 Å². The molecule has 0 heterocycles. The van der Waals surface area contributed by atoms with Gasteiger partial charge in [-0.3, -0.25) is 0 Å². The van der Waals surface area contributed by atoms with Crippen molar-refractivity contribution >= 4 is 11.4 Å². The molecule has 0 aliphatic heterocycles. The third-order valence-electron chi connectivity index (χ3n) is 6.20. The van der Waals surface area contributed by atoms with E-state index < -0.39 is 0 Å². The van der Waals surface area contributed by atoms with Gasteiger partial charge in [-0.25, -0.2) is 0 Å². The van der Waals surface area contributed by atoms with Crippen LogP contribution in [-0.2, 0) is 6.42 Å². The molecule has 2 heteroatoms. The van der Waals surface area contributed by atoms with Crippen molar-refractivity contribution in [1.82, 2.24) is 0 Å². The van der Waals surface area contributed by atoms with Crippen LogP contribution in [-0.4, -0.2) is 11.1 Å². The van der Waals surface area contributed by atoms with Crippen LogP contribution in [0.15, 0.2) is 72.8 Å². The number of phenols is 1. The lowest BCUT2D eigenvalue weighted by Gasteiger charge is -2.38. The predicted molar refractivity (Wildman–Crippen MR) is 122 cm³/mol. The molecule has 1 fully saturated rings. The van der Waals surface area contributed by atoms with Crippen molar-refractivity contribution in [1.29, 1.82) is 0 Å². The monoisotopic (exact) mass is 385 g/mol. The molecule has 0 atom stereocenters. The second kappa shape index (κ2) is 8.73. The molecule has 0 amide bonds. The minimum absolute atomic E-state index is 0.330. The first kappa shape index (κ1) is 19.6. The molecule has 0 radical (unpaired) electrons. The predicted octanol–water partition coefficient (Wildman–Crippen LogP) is 7.01. The molecule has 0 aromatic heterocycles. The van der Waals surface area contributed by atoms with Crippen LogP contribution < -0.4 is 4.90 Å². The fourth-order valence-electron chi connectivity index (χ4n) is 4.45. The first-order chi connectivity index (χ1) is 14.1. The summed E-state index contributed by atoms with van der Waals surface area (Å²) in [5.41, 5.74) is 6.26. The molecule has 0 saturated heterocycles. The van der Waals surface area contributed by atoms with Gasteiger partial charge in [0.25, 0.3) is 0 Å². The Bertz CT molecular complexity index is 922. The second-order valence-corrected chi connectivity index (χ2v) is 8.63.